The standard InChI is InChI=1S/C46H50N4O7/c51-39-16-14-37(38-15-17-42(53)48-43(38)39)40(52)27-47-26-31-6-8-32(9-7-31)29-56-30-33-10-12-35(13-11-33)44(54)50-24-20-46(21-25-50,36-4-2-1-3-5-36)45(55)57-41-28-49-22-18-34(41)19-23-49/h1-17,34,40-41,47,51-52H,18-30H2,(H,48,53). The molecule has 11 nitrogen and oxygen atoms in total. The molecule has 4 aliphatic rings. The SMILES string of the molecule is O=C(c1ccc(COCc2ccc(CNCC(O)c3ccc(O)c4[nH]c(=O)ccc34)cc2)cc1)N1CCC(C(=O)OC2CN3CCC2CC3)(c2ccccc2)CC1. The van der Waals surface area contributed by atoms with Gasteiger partial charge in [0.2, 0.25) is 5.56 Å². The van der Waals surface area contributed by atoms with E-state index in [-0.39, 0.29) is 35.8 Å². The number of fused-ring (bicyclic) bond motifs is 4. The van der Waals surface area contributed by atoms with E-state index in [0.29, 0.717) is 73.6 Å². The number of likely N-dealkylation sites (tertiary alicyclic amines) is 1. The number of H-pyrrole nitrogens is 1. The van der Waals surface area contributed by atoms with Gasteiger partial charge in [-0.1, -0.05) is 72.8 Å². The molecule has 5 aromatic rings. The lowest BCUT2D eigenvalue weighted by atomic mass is 9.72. The van der Waals surface area contributed by atoms with E-state index in [4.69, 9.17) is 9.47 Å². The minimum absolute atomic E-state index is 0.0367. The van der Waals surface area contributed by atoms with Gasteiger partial charge in [-0.05, 0) is 96.8 Å². The average Bonchev–Trinajstić information content (AvgIpc) is 3.25. The molecule has 4 fully saturated rings. The third-order valence-electron chi connectivity index (χ3n) is 12.2. The summed E-state index contributed by atoms with van der Waals surface area (Å²) in [5.74, 6) is 0.215. The number of benzene rings is 4. The number of phenolic OH excluding ortho intramolecular Hbond substituents is 1. The van der Waals surface area contributed by atoms with E-state index in [1.165, 1.54) is 12.1 Å². The molecule has 2 bridgehead atoms. The van der Waals surface area contributed by atoms with Crippen molar-refractivity contribution < 1.29 is 29.3 Å². The molecule has 5 heterocycles. The van der Waals surface area contributed by atoms with Crippen LogP contribution in [0.15, 0.2) is 108 Å². The van der Waals surface area contributed by atoms with Gasteiger partial charge in [0.15, 0.2) is 0 Å². The average molecular weight is 771 g/mol. The number of hydrogen-bond donors (Lipinski definition) is 4. The molecule has 4 saturated heterocycles. The van der Waals surface area contributed by atoms with Crippen LogP contribution in [0.3, 0.4) is 0 Å². The summed E-state index contributed by atoms with van der Waals surface area (Å²) in [6, 6.07) is 31.7. The van der Waals surface area contributed by atoms with Gasteiger partial charge in [-0.25, -0.2) is 0 Å². The number of aliphatic hydroxyl groups is 1. The summed E-state index contributed by atoms with van der Waals surface area (Å²) < 4.78 is 12.3. The monoisotopic (exact) mass is 770 g/mol. The molecule has 11 heteroatoms. The van der Waals surface area contributed by atoms with E-state index in [2.05, 4.69) is 15.2 Å². The fourth-order valence-electron chi connectivity index (χ4n) is 8.73. The number of phenols is 1. The van der Waals surface area contributed by atoms with Gasteiger partial charge >= 0.3 is 5.97 Å². The van der Waals surface area contributed by atoms with Crippen molar-refractivity contribution in [2.45, 2.75) is 63.1 Å². The molecule has 2 atom stereocenters. The number of aromatic nitrogens is 1. The first-order chi connectivity index (χ1) is 27.8. The number of esters is 1. The number of amides is 1. The van der Waals surface area contributed by atoms with Crippen LogP contribution in [0.4, 0.5) is 0 Å². The molecule has 2 unspecified atom stereocenters. The highest BCUT2D eigenvalue weighted by Gasteiger charge is 2.47. The van der Waals surface area contributed by atoms with Crippen LogP contribution in [0.25, 0.3) is 10.9 Å². The Bertz CT molecular complexity index is 2230. The van der Waals surface area contributed by atoms with E-state index in [1.807, 2.05) is 83.8 Å². The molecular weight excluding hydrogens is 721 g/mol. The fraction of sp³-hybridized carbons (Fsp3) is 0.370. The first kappa shape index (κ1) is 38.5. The molecule has 0 aliphatic carbocycles. The summed E-state index contributed by atoms with van der Waals surface area (Å²) in [5, 5.41) is 24.8. The van der Waals surface area contributed by atoms with Crippen molar-refractivity contribution in [3.05, 3.63) is 147 Å². The Balaban J connectivity index is 0.793. The number of piperidine rings is 4. The summed E-state index contributed by atoms with van der Waals surface area (Å²) in [6.07, 6.45) is 2.34. The quantitative estimate of drug-likeness (QED) is 0.113. The summed E-state index contributed by atoms with van der Waals surface area (Å²) in [4.78, 5) is 46.2. The second-order valence-corrected chi connectivity index (χ2v) is 15.8. The number of nitrogens with one attached hydrogen (secondary N) is 2. The fourth-order valence-corrected chi connectivity index (χ4v) is 8.73. The zero-order chi connectivity index (χ0) is 39.4. The van der Waals surface area contributed by atoms with Gasteiger partial charge in [0.1, 0.15) is 11.9 Å². The lowest BCUT2D eigenvalue weighted by Crippen LogP contribution is -2.55. The third kappa shape index (κ3) is 8.52. The van der Waals surface area contributed by atoms with Crippen molar-refractivity contribution in [1.29, 1.82) is 0 Å². The Morgan fingerprint density at radius 1 is 0.825 bits per heavy atom. The highest BCUT2D eigenvalue weighted by Crippen LogP contribution is 2.39. The Kier molecular flexibility index (Phi) is 11.5. The van der Waals surface area contributed by atoms with Crippen LogP contribution in [-0.2, 0) is 39.4 Å². The van der Waals surface area contributed by atoms with E-state index >= 15 is 0 Å². The van der Waals surface area contributed by atoms with Crippen molar-refractivity contribution in [3.63, 3.8) is 0 Å². The summed E-state index contributed by atoms with van der Waals surface area (Å²) in [5.41, 5.74) is 4.48. The number of aliphatic hydroxyl groups excluding tert-OH is 1. The minimum Gasteiger partial charge on any atom is -0.506 e. The van der Waals surface area contributed by atoms with Crippen LogP contribution < -0.4 is 10.9 Å². The molecule has 9 rings (SSSR count). The predicted octanol–water partition coefficient (Wildman–Crippen LogP) is 5.59. The van der Waals surface area contributed by atoms with Gasteiger partial charge in [0, 0.05) is 49.7 Å². The number of hydrogen-bond acceptors (Lipinski definition) is 9. The van der Waals surface area contributed by atoms with Crippen molar-refractivity contribution >= 4 is 22.8 Å². The first-order valence-corrected chi connectivity index (χ1v) is 20.0. The lowest BCUT2D eigenvalue weighted by Gasteiger charge is -2.46. The number of carbonyl (C=O) groups excluding carboxylic acids is 2. The van der Waals surface area contributed by atoms with Gasteiger partial charge in [-0.15, -0.1) is 0 Å². The number of carbonyl (C=O) groups is 2. The second-order valence-electron chi connectivity index (χ2n) is 15.8. The zero-order valence-corrected chi connectivity index (χ0v) is 32.1. The van der Waals surface area contributed by atoms with Gasteiger partial charge in [0.05, 0.1) is 30.2 Å². The van der Waals surface area contributed by atoms with Crippen LogP contribution >= 0.6 is 0 Å². The topological polar surface area (TPSA) is 144 Å². The van der Waals surface area contributed by atoms with E-state index in [1.54, 1.807) is 12.1 Å². The van der Waals surface area contributed by atoms with E-state index < -0.39 is 11.5 Å². The molecule has 0 saturated carbocycles. The zero-order valence-electron chi connectivity index (χ0n) is 32.1. The van der Waals surface area contributed by atoms with Crippen LogP contribution in [0, 0.1) is 5.92 Å². The van der Waals surface area contributed by atoms with Crippen LogP contribution in [0.2, 0.25) is 0 Å². The second kappa shape index (κ2) is 17.0. The number of aromatic hydroxyl groups is 1. The molecule has 1 aromatic heterocycles. The van der Waals surface area contributed by atoms with Gasteiger partial charge < -0.3 is 34.9 Å². The van der Waals surface area contributed by atoms with Gasteiger partial charge in [0.25, 0.3) is 5.91 Å². The van der Waals surface area contributed by atoms with Crippen molar-refractivity contribution in [3.8, 4) is 5.75 Å². The van der Waals surface area contributed by atoms with Crippen molar-refractivity contribution in [2.75, 3.05) is 39.3 Å². The predicted molar refractivity (Wildman–Crippen MR) is 217 cm³/mol. The molecule has 4 aliphatic heterocycles. The Hall–Kier alpha value is -5.33. The van der Waals surface area contributed by atoms with Crippen molar-refractivity contribution in [2.24, 2.45) is 5.92 Å². The Morgan fingerprint density at radius 3 is 2.16 bits per heavy atom. The van der Waals surface area contributed by atoms with Crippen molar-refractivity contribution in [1.82, 2.24) is 20.1 Å². The smallest absolute Gasteiger partial charge is 0.317 e. The maximum Gasteiger partial charge on any atom is 0.317 e. The summed E-state index contributed by atoms with van der Waals surface area (Å²) in [7, 11) is 0. The van der Waals surface area contributed by atoms with Gasteiger partial charge in [-0.2, -0.15) is 0 Å². The number of rotatable bonds is 13. The summed E-state index contributed by atoms with van der Waals surface area (Å²) in [6.45, 7) is 5.63. The minimum atomic E-state index is -0.833. The number of ether oxygens (including phenoxy) is 2. The molecule has 0 radical (unpaired) electrons. The third-order valence-corrected chi connectivity index (χ3v) is 12.2. The maximum absolute atomic E-state index is 14.0. The Morgan fingerprint density at radius 2 is 1.49 bits per heavy atom. The van der Waals surface area contributed by atoms with Crippen LogP contribution in [0.1, 0.15) is 70.0 Å². The highest BCUT2D eigenvalue weighted by atomic mass is 16.5. The molecule has 4 aromatic carbocycles. The molecule has 296 valence electrons. The van der Waals surface area contributed by atoms with Gasteiger partial charge in [-0.3, -0.25) is 19.3 Å². The van der Waals surface area contributed by atoms with E-state index in [0.717, 1.165) is 54.7 Å². The Labute approximate surface area is 332 Å². The summed E-state index contributed by atoms with van der Waals surface area (Å²) >= 11 is 0. The largest absolute Gasteiger partial charge is 0.506 e. The normalized spacial score (nSPS) is 20.6. The molecular formula is C46H50N4O7. The van der Waals surface area contributed by atoms with Crippen LogP contribution in [0.5, 0.6) is 5.75 Å². The van der Waals surface area contributed by atoms with E-state index in [9.17, 15) is 24.6 Å². The number of aromatic amines is 1. The maximum atomic E-state index is 14.0. The molecule has 0 spiro atoms. The molecule has 4 N–H and O–H groups in total. The first-order valence-electron chi connectivity index (χ1n) is 20.0. The highest BCUT2D eigenvalue weighted by molar-refractivity contribution is 5.94. The number of nitrogens with zero attached hydrogens (tertiary/aromatic N) is 2. The lowest BCUT2D eigenvalue weighted by molar-refractivity contribution is -0.167. The molecule has 1 amide bonds. The molecule has 57 heavy (non-hydrogen) atoms. The number of pyridine rings is 1. The van der Waals surface area contributed by atoms with Crippen LogP contribution in [-0.4, -0.2) is 82.2 Å².